The van der Waals surface area contributed by atoms with E-state index in [-0.39, 0.29) is 16.9 Å². The number of aromatic amines is 1. The maximum atomic E-state index is 12.5. The molecule has 0 aliphatic rings. The number of H-pyrrole nitrogens is 1. The van der Waals surface area contributed by atoms with E-state index in [0.29, 0.717) is 5.56 Å². The van der Waals surface area contributed by atoms with E-state index < -0.39 is 17.3 Å². The summed E-state index contributed by atoms with van der Waals surface area (Å²) in [5, 5.41) is 0. The van der Waals surface area contributed by atoms with Gasteiger partial charge in [0.2, 0.25) is 0 Å². The van der Waals surface area contributed by atoms with Crippen molar-refractivity contribution in [3.63, 3.8) is 0 Å². The van der Waals surface area contributed by atoms with E-state index >= 15 is 0 Å². The minimum atomic E-state index is -4.69. The van der Waals surface area contributed by atoms with Gasteiger partial charge in [0.15, 0.2) is 0 Å². The molecule has 0 aliphatic carbocycles. The lowest BCUT2D eigenvalue weighted by atomic mass is 10.2. The zero-order valence-electron chi connectivity index (χ0n) is 8.31. The van der Waals surface area contributed by atoms with Gasteiger partial charge in [0.1, 0.15) is 5.56 Å². The highest BCUT2D eigenvalue weighted by atomic mass is 35.5. The second kappa shape index (κ2) is 4.03. The molecule has 0 radical (unpaired) electrons. The van der Waals surface area contributed by atoms with Crippen LogP contribution in [0.4, 0.5) is 13.2 Å². The van der Waals surface area contributed by atoms with Crippen molar-refractivity contribution in [2.45, 2.75) is 12.1 Å². The average molecular weight is 263 g/mol. The molecule has 2 aromatic rings. The van der Waals surface area contributed by atoms with Gasteiger partial charge in [0, 0.05) is 12.1 Å². The Kier molecular flexibility index (Phi) is 2.82. The van der Waals surface area contributed by atoms with E-state index in [1.807, 2.05) is 0 Å². The Balaban J connectivity index is 2.71. The summed E-state index contributed by atoms with van der Waals surface area (Å²) in [6.07, 6.45) is -3.32. The molecule has 2 heterocycles. The summed E-state index contributed by atoms with van der Waals surface area (Å²) in [6, 6.07) is 2.23. The topological polar surface area (TPSA) is 45.8 Å². The molecule has 0 saturated carbocycles. The standard InChI is InChI=1S/C10H6ClF3N2O/c11-3-5-1-8-7(15-4-5)2-6(9(17)16-8)10(12,13)14/h1-2,4H,3H2,(H,16,17). The lowest BCUT2D eigenvalue weighted by molar-refractivity contribution is -0.138. The molecule has 7 heteroatoms. The first-order valence-electron chi connectivity index (χ1n) is 4.57. The zero-order chi connectivity index (χ0) is 12.6. The van der Waals surface area contributed by atoms with Crippen molar-refractivity contribution in [1.82, 2.24) is 9.97 Å². The van der Waals surface area contributed by atoms with Crippen LogP contribution in [0.1, 0.15) is 11.1 Å². The van der Waals surface area contributed by atoms with Crippen LogP contribution in [0.3, 0.4) is 0 Å². The van der Waals surface area contributed by atoms with Gasteiger partial charge >= 0.3 is 6.18 Å². The number of rotatable bonds is 1. The highest BCUT2D eigenvalue weighted by Gasteiger charge is 2.34. The normalized spacial score (nSPS) is 12.0. The van der Waals surface area contributed by atoms with E-state index in [2.05, 4.69) is 9.97 Å². The van der Waals surface area contributed by atoms with Gasteiger partial charge in [-0.2, -0.15) is 13.2 Å². The molecular formula is C10H6ClF3N2O. The third kappa shape index (κ3) is 2.26. The molecule has 0 fully saturated rings. The van der Waals surface area contributed by atoms with Crippen molar-refractivity contribution in [3.8, 4) is 0 Å². The number of alkyl halides is 4. The number of aromatic nitrogens is 2. The predicted molar refractivity (Wildman–Crippen MR) is 56.9 cm³/mol. The van der Waals surface area contributed by atoms with Gasteiger partial charge in [-0.3, -0.25) is 9.78 Å². The molecule has 0 atom stereocenters. The van der Waals surface area contributed by atoms with Crippen LogP contribution in [0, 0.1) is 0 Å². The number of hydrogen-bond donors (Lipinski definition) is 1. The Morgan fingerprint density at radius 3 is 2.65 bits per heavy atom. The highest BCUT2D eigenvalue weighted by Crippen LogP contribution is 2.27. The summed E-state index contributed by atoms with van der Waals surface area (Å²) in [5.41, 5.74) is -1.50. The van der Waals surface area contributed by atoms with Gasteiger partial charge in [0.05, 0.1) is 11.0 Å². The first kappa shape index (κ1) is 11.9. The molecule has 0 bridgehead atoms. The molecule has 0 saturated heterocycles. The minimum absolute atomic E-state index is 0.0748. The number of pyridine rings is 2. The van der Waals surface area contributed by atoms with Gasteiger partial charge in [-0.15, -0.1) is 11.6 Å². The Labute approximate surface area is 98.2 Å². The summed E-state index contributed by atoms with van der Waals surface area (Å²) in [6.45, 7) is 0. The van der Waals surface area contributed by atoms with E-state index in [1.165, 1.54) is 12.3 Å². The first-order valence-corrected chi connectivity index (χ1v) is 5.10. The Morgan fingerprint density at radius 2 is 2.06 bits per heavy atom. The fraction of sp³-hybridized carbons (Fsp3) is 0.200. The summed E-state index contributed by atoms with van der Waals surface area (Å²) < 4.78 is 37.4. The maximum Gasteiger partial charge on any atom is 0.421 e. The van der Waals surface area contributed by atoms with Crippen LogP contribution in [0.5, 0.6) is 0 Å². The first-order chi connectivity index (χ1) is 7.91. The van der Waals surface area contributed by atoms with Crippen LogP contribution in [-0.2, 0) is 12.1 Å². The SMILES string of the molecule is O=c1[nH]c2cc(CCl)cnc2cc1C(F)(F)F. The zero-order valence-corrected chi connectivity index (χ0v) is 9.06. The molecule has 1 N–H and O–H groups in total. The van der Waals surface area contributed by atoms with Crippen LogP contribution in [0.2, 0.25) is 0 Å². The maximum absolute atomic E-state index is 12.5. The number of nitrogens with zero attached hydrogens (tertiary/aromatic N) is 1. The van der Waals surface area contributed by atoms with Gasteiger partial charge < -0.3 is 4.98 Å². The Morgan fingerprint density at radius 1 is 1.35 bits per heavy atom. The van der Waals surface area contributed by atoms with Crippen molar-refractivity contribution in [2.24, 2.45) is 0 Å². The van der Waals surface area contributed by atoms with Crippen LogP contribution < -0.4 is 5.56 Å². The number of hydrogen-bond acceptors (Lipinski definition) is 2. The van der Waals surface area contributed by atoms with Crippen LogP contribution in [-0.4, -0.2) is 9.97 Å². The smallest absolute Gasteiger partial charge is 0.320 e. The van der Waals surface area contributed by atoms with Crippen molar-refractivity contribution in [3.05, 3.63) is 39.8 Å². The van der Waals surface area contributed by atoms with Gasteiger partial charge in [-0.25, -0.2) is 0 Å². The van der Waals surface area contributed by atoms with Gasteiger partial charge in [0.25, 0.3) is 5.56 Å². The highest BCUT2D eigenvalue weighted by molar-refractivity contribution is 6.17. The number of fused-ring (bicyclic) bond motifs is 1. The molecule has 17 heavy (non-hydrogen) atoms. The van der Waals surface area contributed by atoms with Crippen molar-refractivity contribution >= 4 is 22.6 Å². The van der Waals surface area contributed by atoms with Crippen LogP contribution in [0.15, 0.2) is 23.1 Å². The molecule has 0 aliphatic heterocycles. The molecule has 2 rings (SSSR count). The fourth-order valence-electron chi connectivity index (χ4n) is 1.41. The third-order valence-electron chi connectivity index (χ3n) is 2.21. The van der Waals surface area contributed by atoms with Gasteiger partial charge in [-0.1, -0.05) is 0 Å². The molecule has 2 aromatic heterocycles. The number of halogens is 4. The van der Waals surface area contributed by atoms with E-state index in [0.717, 1.165) is 6.07 Å². The molecule has 0 spiro atoms. The predicted octanol–water partition coefficient (Wildman–Crippen LogP) is 2.68. The van der Waals surface area contributed by atoms with E-state index in [9.17, 15) is 18.0 Å². The molecule has 3 nitrogen and oxygen atoms in total. The monoisotopic (exact) mass is 262 g/mol. The second-order valence-corrected chi connectivity index (χ2v) is 3.69. The van der Waals surface area contributed by atoms with Crippen molar-refractivity contribution in [1.29, 1.82) is 0 Å². The second-order valence-electron chi connectivity index (χ2n) is 3.42. The molecule has 0 aromatic carbocycles. The Bertz CT molecular complexity index is 621. The molecule has 0 unspecified atom stereocenters. The molecule has 0 amide bonds. The van der Waals surface area contributed by atoms with Crippen LogP contribution >= 0.6 is 11.6 Å². The van der Waals surface area contributed by atoms with Gasteiger partial charge in [-0.05, 0) is 17.7 Å². The fourth-order valence-corrected chi connectivity index (χ4v) is 1.56. The Hall–Kier alpha value is -1.56. The average Bonchev–Trinajstić information content (AvgIpc) is 2.25. The van der Waals surface area contributed by atoms with E-state index in [1.54, 1.807) is 0 Å². The largest absolute Gasteiger partial charge is 0.421 e. The lowest BCUT2D eigenvalue weighted by Crippen LogP contribution is -2.21. The van der Waals surface area contributed by atoms with Crippen molar-refractivity contribution in [2.75, 3.05) is 0 Å². The minimum Gasteiger partial charge on any atom is -0.320 e. The quantitative estimate of drug-likeness (QED) is 0.803. The molecule has 90 valence electrons. The number of nitrogens with one attached hydrogen (secondary N) is 1. The third-order valence-corrected chi connectivity index (χ3v) is 2.52. The summed E-state index contributed by atoms with van der Waals surface area (Å²) in [7, 11) is 0. The van der Waals surface area contributed by atoms with E-state index in [4.69, 9.17) is 11.6 Å². The van der Waals surface area contributed by atoms with Crippen molar-refractivity contribution < 1.29 is 13.2 Å². The van der Waals surface area contributed by atoms with Crippen LogP contribution in [0.25, 0.3) is 11.0 Å². The summed E-state index contributed by atoms with van der Waals surface area (Å²) >= 11 is 5.56. The molecular weight excluding hydrogens is 257 g/mol. The lowest BCUT2D eigenvalue weighted by Gasteiger charge is -2.06. The summed E-state index contributed by atoms with van der Waals surface area (Å²) in [5.74, 6) is 0.173. The summed E-state index contributed by atoms with van der Waals surface area (Å²) in [4.78, 5) is 17.2.